The Morgan fingerprint density at radius 2 is 1.88 bits per heavy atom. The third-order valence-electron chi connectivity index (χ3n) is 4.60. The second kappa shape index (κ2) is 6.68. The molecule has 0 bridgehead atoms. The lowest BCUT2D eigenvalue weighted by Crippen LogP contribution is -2.53. The zero-order valence-electron chi connectivity index (χ0n) is 14.1. The van der Waals surface area contributed by atoms with Crippen molar-refractivity contribution in [2.24, 2.45) is 4.99 Å². The molecule has 0 N–H and O–H groups in total. The maximum Gasteiger partial charge on any atom is 0.267 e. The van der Waals surface area contributed by atoms with Crippen LogP contribution in [0.15, 0.2) is 28.1 Å². The van der Waals surface area contributed by atoms with Gasteiger partial charge in [-0.25, -0.2) is 17.1 Å². The third kappa shape index (κ3) is 3.12. The Balaban J connectivity index is 1.86. The van der Waals surface area contributed by atoms with Crippen LogP contribution in [0.1, 0.15) is 12.5 Å². The SMILES string of the molecule is CCN1CCN(C2=NCCN2S(=O)(=O)c2cc(F)ccc2C)CC1. The number of hydrogen-bond donors (Lipinski definition) is 0. The topological polar surface area (TPSA) is 56.2 Å². The van der Waals surface area contributed by atoms with Crippen LogP contribution in [0.5, 0.6) is 0 Å². The second-order valence-electron chi connectivity index (χ2n) is 6.09. The summed E-state index contributed by atoms with van der Waals surface area (Å²) in [7, 11) is -3.80. The Bertz CT molecular complexity index is 742. The highest BCUT2D eigenvalue weighted by molar-refractivity contribution is 7.89. The average Bonchev–Trinajstić information content (AvgIpc) is 3.07. The van der Waals surface area contributed by atoms with E-state index < -0.39 is 15.8 Å². The van der Waals surface area contributed by atoms with Crippen LogP contribution >= 0.6 is 0 Å². The van der Waals surface area contributed by atoms with Crippen LogP contribution in [0.4, 0.5) is 4.39 Å². The summed E-state index contributed by atoms with van der Waals surface area (Å²) in [6.45, 7) is 8.82. The van der Waals surface area contributed by atoms with E-state index in [4.69, 9.17) is 0 Å². The van der Waals surface area contributed by atoms with E-state index in [1.807, 2.05) is 4.90 Å². The summed E-state index contributed by atoms with van der Waals surface area (Å²) < 4.78 is 40.9. The number of aryl methyl sites for hydroxylation is 1. The number of aliphatic imine (C=N–C) groups is 1. The second-order valence-corrected chi connectivity index (χ2v) is 7.92. The molecule has 1 aromatic rings. The molecule has 132 valence electrons. The lowest BCUT2D eigenvalue weighted by molar-refractivity contribution is 0.184. The predicted octanol–water partition coefficient (Wildman–Crippen LogP) is 1.13. The molecule has 24 heavy (non-hydrogen) atoms. The molecule has 2 heterocycles. The Morgan fingerprint density at radius 3 is 2.54 bits per heavy atom. The number of likely N-dealkylation sites (N-methyl/N-ethyl adjacent to an activating group) is 1. The van der Waals surface area contributed by atoms with Crippen LogP contribution < -0.4 is 0 Å². The highest BCUT2D eigenvalue weighted by Gasteiger charge is 2.35. The number of sulfonamides is 1. The molecule has 0 radical (unpaired) electrons. The number of guanidine groups is 1. The molecule has 1 aromatic carbocycles. The maximum atomic E-state index is 13.6. The minimum atomic E-state index is -3.80. The smallest absolute Gasteiger partial charge is 0.267 e. The fourth-order valence-corrected chi connectivity index (χ4v) is 4.82. The summed E-state index contributed by atoms with van der Waals surface area (Å²) in [5.41, 5.74) is 0.540. The van der Waals surface area contributed by atoms with Crippen LogP contribution in [0, 0.1) is 12.7 Å². The molecule has 6 nitrogen and oxygen atoms in total. The lowest BCUT2D eigenvalue weighted by Gasteiger charge is -2.37. The van der Waals surface area contributed by atoms with Gasteiger partial charge in [0.05, 0.1) is 18.0 Å². The van der Waals surface area contributed by atoms with Crippen molar-refractivity contribution in [3.05, 3.63) is 29.6 Å². The van der Waals surface area contributed by atoms with E-state index >= 15 is 0 Å². The van der Waals surface area contributed by atoms with Crippen LogP contribution in [0.2, 0.25) is 0 Å². The zero-order valence-corrected chi connectivity index (χ0v) is 14.9. The Labute approximate surface area is 142 Å². The van der Waals surface area contributed by atoms with Crippen molar-refractivity contribution < 1.29 is 12.8 Å². The maximum absolute atomic E-state index is 13.6. The summed E-state index contributed by atoms with van der Waals surface area (Å²) in [5, 5.41) is 0. The van der Waals surface area contributed by atoms with E-state index in [0.717, 1.165) is 38.8 Å². The van der Waals surface area contributed by atoms with Gasteiger partial charge >= 0.3 is 0 Å². The number of nitrogens with zero attached hydrogens (tertiary/aromatic N) is 4. The molecule has 3 rings (SSSR count). The first-order valence-electron chi connectivity index (χ1n) is 8.24. The minimum Gasteiger partial charge on any atom is -0.339 e. The average molecular weight is 354 g/mol. The first-order chi connectivity index (χ1) is 11.4. The molecular weight excluding hydrogens is 331 g/mol. The summed E-state index contributed by atoms with van der Waals surface area (Å²) in [6, 6.07) is 3.86. The first kappa shape index (κ1) is 17.2. The van der Waals surface area contributed by atoms with Gasteiger partial charge < -0.3 is 9.80 Å². The van der Waals surface area contributed by atoms with E-state index in [9.17, 15) is 12.8 Å². The van der Waals surface area contributed by atoms with Gasteiger partial charge in [0.15, 0.2) is 0 Å². The highest BCUT2D eigenvalue weighted by atomic mass is 32.2. The highest BCUT2D eigenvalue weighted by Crippen LogP contribution is 2.24. The molecule has 2 aliphatic heterocycles. The summed E-state index contributed by atoms with van der Waals surface area (Å²) >= 11 is 0. The predicted molar refractivity (Wildman–Crippen MR) is 91.0 cm³/mol. The van der Waals surface area contributed by atoms with E-state index in [1.165, 1.54) is 16.4 Å². The molecule has 0 aromatic heterocycles. The molecule has 2 aliphatic rings. The zero-order chi connectivity index (χ0) is 17.3. The minimum absolute atomic E-state index is 0.0179. The number of piperazine rings is 1. The van der Waals surface area contributed by atoms with Crippen molar-refractivity contribution >= 4 is 16.0 Å². The van der Waals surface area contributed by atoms with Crippen LogP contribution in [-0.2, 0) is 10.0 Å². The van der Waals surface area contributed by atoms with Gasteiger partial charge in [-0.1, -0.05) is 13.0 Å². The van der Waals surface area contributed by atoms with E-state index in [1.54, 1.807) is 6.92 Å². The quantitative estimate of drug-likeness (QED) is 0.817. The monoisotopic (exact) mass is 354 g/mol. The van der Waals surface area contributed by atoms with Gasteiger partial charge in [0.2, 0.25) is 5.96 Å². The lowest BCUT2D eigenvalue weighted by atomic mass is 10.2. The molecule has 0 amide bonds. The largest absolute Gasteiger partial charge is 0.339 e. The van der Waals surface area contributed by atoms with Crippen molar-refractivity contribution in [2.75, 3.05) is 45.8 Å². The molecule has 0 unspecified atom stereocenters. The van der Waals surface area contributed by atoms with Gasteiger partial charge in [-0.15, -0.1) is 0 Å². The normalized spacial score (nSPS) is 19.7. The number of hydrogen-bond acceptors (Lipinski definition) is 5. The molecule has 8 heteroatoms. The molecule has 1 fully saturated rings. The molecular formula is C16H23FN4O2S. The van der Waals surface area contributed by atoms with E-state index in [2.05, 4.69) is 16.8 Å². The van der Waals surface area contributed by atoms with E-state index in [-0.39, 0.29) is 4.90 Å². The van der Waals surface area contributed by atoms with Crippen LogP contribution in [0.3, 0.4) is 0 Å². The van der Waals surface area contributed by atoms with Gasteiger partial charge in [0.1, 0.15) is 5.82 Å². The molecule has 0 aliphatic carbocycles. The van der Waals surface area contributed by atoms with Gasteiger partial charge in [-0.05, 0) is 31.2 Å². The molecule has 0 atom stereocenters. The summed E-state index contributed by atoms with van der Waals surface area (Å²) in [4.78, 5) is 8.77. The van der Waals surface area contributed by atoms with E-state index in [0.29, 0.717) is 24.6 Å². The number of benzene rings is 1. The van der Waals surface area contributed by atoms with Crippen LogP contribution in [-0.4, -0.2) is 74.3 Å². The molecule has 0 spiro atoms. The number of rotatable bonds is 3. The standard InChI is InChI=1S/C16H23FN4O2S/c1-3-19-8-10-20(11-9-19)16-18-6-7-21(16)24(22,23)15-12-14(17)5-4-13(15)2/h4-5,12H,3,6-11H2,1-2H3. The van der Waals surface area contributed by atoms with Crippen molar-refractivity contribution in [2.45, 2.75) is 18.7 Å². The van der Waals surface area contributed by atoms with Crippen molar-refractivity contribution in [3.63, 3.8) is 0 Å². The Kier molecular flexibility index (Phi) is 4.78. The van der Waals surface area contributed by atoms with Gasteiger partial charge in [0.25, 0.3) is 10.0 Å². The van der Waals surface area contributed by atoms with Gasteiger partial charge in [-0.2, -0.15) is 0 Å². The molecule has 1 saturated heterocycles. The fourth-order valence-electron chi connectivity index (χ4n) is 3.14. The summed E-state index contributed by atoms with van der Waals surface area (Å²) in [5.74, 6) is -0.0529. The van der Waals surface area contributed by atoms with Crippen molar-refractivity contribution in [1.82, 2.24) is 14.1 Å². The Morgan fingerprint density at radius 1 is 1.17 bits per heavy atom. The summed E-state index contributed by atoms with van der Waals surface area (Å²) in [6.07, 6.45) is 0. The molecule has 0 saturated carbocycles. The van der Waals surface area contributed by atoms with Gasteiger partial charge in [0, 0.05) is 26.2 Å². The van der Waals surface area contributed by atoms with Crippen molar-refractivity contribution in [3.8, 4) is 0 Å². The third-order valence-corrected chi connectivity index (χ3v) is 6.52. The van der Waals surface area contributed by atoms with Crippen molar-refractivity contribution in [1.29, 1.82) is 0 Å². The fraction of sp³-hybridized carbons (Fsp3) is 0.562. The number of halogens is 1. The first-order valence-corrected chi connectivity index (χ1v) is 9.68. The van der Waals surface area contributed by atoms with Crippen LogP contribution in [0.25, 0.3) is 0 Å². The Hall–Kier alpha value is -1.67. The van der Waals surface area contributed by atoms with Gasteiger partial charge in [-0.3, -0.25) is 4.99 Å².